The molecule has 2 fully saturated rings. The predicted octanol–water partition coefficient (Wildman–Crippen LogP) is 0.537. The Morgan fingerprint density at radius 3 is 2.61 bits per heavy atom. The fourth-order valence-corrected chi connectivity index (χ4v) is 2.97. The number of nitrogens with one attached hydrogen (secondary N) is 1. The van der Waals surface area contributed by atoms with Gasteiger partial charge in [0.05, 0.1) is 18.2 Å². The number of amides is 2. The zero-order valence-corrected chi connectivity index (χ0v) is 11.5. The molecule has 0 aliphatic carbocycles. The van der Waals surface area contributed by atoms with Gasteiger partial charge in [-0.25, -0.2) is 0 Å². The number of nitrogens with zero attached hydrogens (tertiary/aromatic N) is 1. The molecule has 0 radical (unpaired) electrons. The summed E-state index contributed by atoms with van der Waals surface area (Å²) in [4.78, 5) is 26.1. The van der Waals surface area contributed by atoms with E-state index in [1.165, 1.54) is 0 Å². The van der Waals surface area contributed by atoms with Crippen molar-refractivity contribution in [3.63, 3.8) is 0 Å². The van der Waals surface area contributed by atoms with Gasteiger partial charge in [-0.15, -0.1) is 0 Å². The Labute approximate surface area is 108 Å². The second kappa shape index (κ2) is 4.53. The first-order chi connectivity index (χ1) is 8.38. The Kier molecular flexibility index (Phi) is 3.36. The second-order valence-electron chi connectivity index (χ2n) is 5.79. The highest BCUT2D eigenvalue weighted by atomic mass is 16.5. The molecule has 0 aromatic carbocycles. The van der Waals surface area contributed by atoms with E-state index in [1.54, 1.807) is 4.90 Å². The zero-order chi connectivity index (χ0) is 13.5. The van der Waals surface area contributed by atoms with Crippen LogP contribution >= 0.6 is 0 Å². The third-order valence-corrected chi connectivity index (χ3v) is 4.26. The lowest BCUT2D eigenvalue weighted by atomic mass is 9.86. The average Bonchev–Trinajstić information content (AvgIpc) is 2.62. The summed E-state index contributed by atoms with van der Waals surface area (Å²) in [6.07, 6.45) is 0.754. The van der Waals surface area contributed by atoms with E-state index in [0.29, 0.717) is 6.61 Å². The molecule has 0 aromatic heterocycles. The molecule has 3 atom stereocenters. The normalized spacial score (nSPS) is 37.3. The van der Waals surface area contributed by atoms with Crippen molar-refractivity contribution in [1.29, 1.82) is 0 Å². The monoisotopic (exact) mass is 254 g/mol. The molecule has 0 bridgehead atoms. The maximum Gasteiger partial charge on any atom is 0.243 e. The topological polar surface area (TPSA) is 58.6 Å². The highest BCUT2D eigenvalue weighted by Gasteiger charge is 2.51. The Morgan fingerprint density at radius 2 is 2.11 bits per heavy atom. The van der Waals surface area contributed by atoms with Gasteiger partial charge in [0.25, 0.3) is 0 Å². The smallest absolute Gasteiger partial charge is 0.243 e. The molecule has 2 heterocycles. The van der Waals surface area contributed by atoms with Crippen molar-refractivity contribution in [2.24, 2.45) is 5.92 Å². The molecular formula is C13H22N2O3. The molecule has 3 unspecified atom stereocenters. The SMILES string of the molecule is CC(C)C1C(=O)NCC(=O)N1C1(C)CCOC1C. The molecule has 5 heteroatoms. The number of carbonyl (C=O) groups is 2. The Balaban J connectivity index is 2.37. The van der Waals surface area contributed by atoms with Crippen LogP contribution in [0.5, 0.6) is 0 Å². The van der Waals surface area contributed by atoms with Crippen LogP contribution in [0.3, 0.4) is 0 Å². The molecule has 0 aromatic rings. The van der Waals surface area contributed by atoms with E-state index < -0.39 is 0 Å². The molecule has 1 N–H and O–H groups in total. The molecule has 2 amide bonds. The number of piperazine rings is 1. The maximum absolute atomic E-state index is 12.2. The quantitative estimate of drug-likeness (QED) is 0.782. The summed E-state index contributed by atoms with van der Waals surface area (Å²) in [6.45, 7) is 8.69. The van der Waals surface area contributed by atoms with Crippen LogP contribution in [0.4, 0.5) is 0 Å². The van der Waals surface area contributed by atoms with E-state index in [2.05, 4.69) is 5.32 Å². The summed E-state index contributed by atoms with van der Waals surface area (Å²) in [5.41, 5.74) is -0.371. The molecule has 2 aliphatic heterocycles. The van der Waals surface area contributed by atoms with E-state index in [9.17, 15) is 9.59 Å². The number of hydrogen-bond acceptors (Lipinski definition) is 3. The molecule has 2 saturated heterocycles. The van der Waals surface area contributed by atoms with Gasteiger partial charge in [0, 0.05) is 6.61 Å². The summed E-state index contributed by atoms with van der Waals surface area (Å²) in [6, 6.07) is -0.389. The van der Waals surface area contributed by atoms with Gasteiger partial charge in [0.2, 0.25) is 11.8 Å². The fourth-order valence-electron chi connectivity index (χ4n) is 2.97. The van der Waals surface area contributed by atoms with Gasteiger partial charge in [-0.05, 0) is 26.2 Å². The largest absolute Gasteiger partial charge is 0.376 e. The lowest BCUT2D eigenvalue weighted by Crippen LogP contribution is -2.68. The third-order valence-electron chi connectivity index (χ3n) is 4.26. The van der Waals surface area contributed by atoms with E-state index >= 15 is 0 Å². The molecule has 18 heavy (non-hydrogen) atoms. The molecule has 5 nitrogen and oxygen atoms in total. The van der Waals surface area contributed by atoms with E-state index in [4.69, 9.17) is 4.74 Å². The van der Waals surface area contributed by atoms with Gasteiger partial charge >= 0.3 is 0 Å². The summed E-state index contributed by atoms with van der Waals surface area (Å²) in [5.74, 6) is 0.0388. The van der Waals surface area contributed by atoms with Gasteiger partial charge in [-0.3, -0.25) is 9.59 Å². The van der Waals surface area contributed by atoms with Crippen LogP contribution in [0, 0.1) is 5.92 Å². The Hall–Kier alpha value is -1.10. The minimum atomic E-state index is -0.389. The van der Waals surface area contributed by atoms with Crippen LogP contribution in [-0.4, -0.2) is 47.6 Å². The second-order valence-corrected chi connectivity index (χ2v) is 5.79. The number of ether oxygens (including phenoxy) is 1. The summed E-state index contributed by atoms with van der Waals surface area (Å²) >= 11 is 0. The van der Waals surface area contributed by atoms with Crippen molar-refractivity contribution in [3.05, 3.63) is 0 Å². The molecule has 0 spiro atoms. The number of rotatable bonds is 2. The first-order valence-corrected chi connectivity index (χ1v) is 6.59. The number of hydrogen-bond donors (Lipinski definition) is 1. The van der Waals surface area contributed by atoms with Crippen LogP contribution in [-0.2, 0) is 14.3 Å². The Bertz CT molecular complexity index is 369. The van der Waals surface area contributed by atoms with Gasteiger partial charge in [0.15, 0.2) is 0 Å². The average molecular weight is 254 g/mol. The first-order valence-electron chi connectivity index (χ1n) is 6.59. The van der Waals surface area contributed by atoms with Crippen LogP contribution in [0.1, 0.15) is 34.1 Å². The molecule has 2 rings (SSSR count). The lowest BCUT2D eigenvalue weighted by molar-refractivity contribution is -0.157. The van der Waals surface area contributed by atoms with Gasteiger partial charge in [-0.1, -0.05) is 13.8 Å². The van der Waals surface area contributed by atoms with Crippen molar-refractivity contribution in [3.8, 4) is 0 Å². The zero-order valence-electron chi connectivity index (χ0n) is 11.5. The minimum absolute atomic E-state index is 0.00634. The van der Waals surface area contributed by atoms with Crippen LogP contribution in [0.25, 0.3) is 0 Å². The molecule has 0 saturated carbocycles. The lowest BCUT2D eigenvalue weighted by Gasteiger charge is -2.48. The van der Waals surface area contributed by atoms with Crippen molar-refractivity contribution in [2.45, 2.75) is 51.8 Å². The van der Waals surface area contributed by atoms with Gasteiger partial charge in [0.1, 0.15) is 6.04 Å². The van der Waals surface area contributed by atoms with Crippen molar-refractivity contribution in [1.82, 2.24) is 10.2 Å². The third kappa shape index (κ3) is 1.90. The highest BCUT2D eigenvalue weighted by Crippen LogP contribution is 2.35. The minimum Gasteiger partial charge on any atom is -0.376 e. The summed E-state index contributed by atoms with van der Waals surface area (Å²) < 4.78 is 5.61. The standard InChI is InChI=1S/C13H22N2O3/c1-8(2)11-12(17)14-7-10(16)15(11)13(4)5-6-18-9(13)3/h8-9,11H,5-7H2,1-4H3,(H,14,17). The van der Waals surface area contributed by atoms with Crippen LogP contribution < -0.4 is 5.32 Å². The van der Waals surface area contributed by atoms with E-state index in [-0.39, 0.29) is 42.0 Å². The van der Waals surface area contributed by atoms with Gasteiger partial charge in [-0.2, -0.15) is 0 Å². The van der Waals surface area contributed by atoms with Gasteiger partial charge < -0.3 is 15.0 Å². The summed E-state index contributed by atoms with van der Waals surface area (Å²) in [5, 5.41) is 2.68. The van der Waals surface area contributed by atoms with Crippen LogP contribution in [0.2, 0.25) is 0 Å². The molecule has 102 valence electrons. The molecule has 2 aliphatic rings. The molecular weight excluding hydrogens is 232 g/mol. The Morgan fingerprint density at radius 1 is 1.44 bits per heavy atom. The van der Waals surface area contributed by atoms with E-state index in [1.807, 2.05) is 27.7 Å². The van der Waals surface area contributed by atoms with Crippen molar-refractivity contribution >= 4 is 11.8 Å². The maximum atomic E-state index is 12.2. The van der Waals surface area contributed by atoms with Crippen molar-refractivity contribution < 1.29 is 14.3 Å². The predicted molar refractivity (Wildman–Crippen MR) is 66.9 cm³/mol. The van der Waals surface area contributed by atoms with Crippen LogP contribution in [0.15, 0.2) is 0 Å². The van der Waals surface area contributed by atoms with E-state index in [0.717, 1.165) is 6.42 Å². The fraction of sp³-hybridized carbons (Fsp3) is 0.846. The highest BCUT2D eigenvalue weighted by molar-refractivity contribution is 5.95. The first kappa shape index (κ1) is 13.3. The number of carbonyl (C=O) groups excluding carboxylic acids is 2. The summed E-state index contributed by atoms with van der Waals surface area (Å²) in [7, 11) is 0. The van der Waals surface area contributed by atoms with Crippen molar-refractivity contribution in [2.75, 3.05) is 13.2 Å².